The number of ketones is 1. The molecule has 1 aromatic heterocycles. The summed E-state index contributed by atoms with van der Waals surface area (Å²) in [7, 11) is 0. The number of thioether (sulfide) groups is 1. The number of rotatable bonds is 11. The molecular weight excluding hydrogens is 650 g/mol. The molecule has 1 atom stereocenters. The Morgan fingerprint density at radius 1 is 1.09 bits per heavy atom. The number of carbonyl (C=O) groups excluding carboxylic acids is 2. The van der Waals surface area contributed by atoms with Crippen LogP contribution in [0.15, 0.2) is 83.2 Å². The molecule has 0 aliphatic carbocycles. The second kappa shape index (κ2) is 13.9. The van der Waals surface area contributed by atoms with E-state index in [4.69, 9.17) is 30.5 Å². The van der Waals surface area contributed by atoms with E-state index < -0.39 is 17.7 Å². The molecule has 0 bridgehead atoms. The first-order valence-electron chi connectivity index (χ1n) is 14.3. The van der Waals surface area contributed by atoms with Gasteiger partial charge in [-0.25, -0.2) is 0 Å². The van der Waals surface area contributed by atoms with Crippen molar-refractivity contribution in [2.75, 3.05) is 31.3 Å². The number of carbonyl (C=O) groups is 2. The van der Waals surface area contributed by atoms with E-state index >= 15 is 0 Å². The molecule has 1 amide bonds. The number of Topliss-reactive ketones (excluding diaryl/α,β-unsaturated/α-hetero) is 1. The van der Waals surface area contributed by atoms with E-state index in [0.717, 1.165) is 16.9 Å². The number of aliphatic hydroxyl groups excluding tert-OH is 1. The summed E-state index contributed by atoms with van der Waals surface area (Å²) in [5.41, 5.74) is 1.59. The van der Waals surface area contributed by atoms with Crippen molar-refractivity contribution in [3.8, 4) is 23.0 Å². The Labute approximate surface area is 278 Å². The van der Waals surface area contributed by atoms with Gasteiger partial charge in [0.15, 0.2) is 27.3 Å². The predicted octanol–water partition coefficient (Wildman–Crippen LogP) is 6.84. The van der Waals surface area contributed by atoms with Crippen LogP contribution in [0.2, 0.25) is 5.02 Å². The van der Waals surface area contributed by atoms with E-state index in [0.29, 0.717) is 63.5 Å². The van der Waals surface area contributed by atoms with E-state index in [1.165, 1.54) is 16.7 Å². The number of aliphatic hydroxyl groups is 1. The highest BCUT2D eigenvalue weighted by Gasteiger charge is 2.48. The second-order valence-corrected chi connectivity index (χ2v) is 12.6. The van der Waals surface area contributed by atoms with Gasteiger partial charge >= 0.3 is 5.91 Å². The minimum absolute atomic E-state index is 0.121. The van der Waals surface area contributed by atoms with E-state index in [-0.39, 0.29) is 28.6 Å². The van der Waals surface area contributed by atoms with Crippen LogP contribution in [0.3, 0.4) is 0 Å². The van der Waals surface area contributed by atoms with Crippen LogP contribution in [0.5, 0.6) is 23.0 Å². The number of fused-ring (bicyclic) bond motifs is 1. The summed E-state index contributed by atoms with van der Waals surface area (Å²) in [4.78, 5) is 28.8. The van der Waals surface area contributed by atoms with E-state index in [9.17, 15) is 14.7 Å². The number of hydrogen-bond acceptors (Lipinski definition) is 11. The topological polar surface area (TPSA) is 120 Å². The second-order valence-electron chi connectivity index (χ2n) is 10.00. The molecule has 13 heteroatoms. The van der Waals surface area contributed by atoms with Gasteiger partial charge in [-0.3, -0.25) is 14.5 Å². The van der Waals surface area contributed by atoms with Gasteiger partial charge in [-0.15, -0.1) is 10.2 Å². The molecule has 10 nitrogen and oxygen atoms in total. The Balaban J connectivity index is 1.43. The quantitative estimate of drug-likeness (QED) is 0.0451. The van der Waals surface area contributed by atoms with Gasteiger partial charge in [0.25, 0.3) is 5.78 Å². The fraction of sp³-hybridized carbons (Fsp3) is 0.212. The van der Waals surface area contributed by atoms with Crippen LogP contribution in [0, 0.1) is 0 Å². The summed E-state index contributed by atoms with van der Waals surface area (Å²) in [6.45, 7) is 6.87. The summed E-state index contributed by atoms with van der Waals surface area (Å²) in [6, 6.07) is 16.4. The lowest BCUT2D eigenvalue weighted by atomic mass is 9.95. The van der Waals surface area contributed by atoms with Crippen LogP contribution in [0.25, 0.3) is 5.76 Å². The first-order chi connectivity index (χ1) is 22.4. The van der Waals surface area contributed by atoms with Crippen molar-refractivity contribution in [1.82, 2.24) is 10.2 Å². The number of aromatic nitrogens is 2. The maximum atomic E-state index is 13.8. The fourth-order valence-corrected chi connectivity index (χ4v) is 7.19. The van der Waals surface area contributed by atoms with Crippen LogP contribution in [-0.4, -0.2) is 53.4 Å². The minimum Gasteiger partial charge on any atom is -0.507 e. The summed E-state index contributed by atoms with van der Waals surface area (Å²) in [6.07, 6.45) is 1.61. The van der Waals surface area contributed by atoms with Gasteiger partial charge < -0.3 is 24.1 Å². The molecule has 0 radical (unpaired) electrons. The van der Waals surface area contributed by atoms with Gasteiger partial charge in [0.05, 0.1) is 18.2 Å². The van der Waals surface area contributed by atoms with Crippen LogP contribution in [0.4, 0.5) is 5.13 Å². The third-order valence-electron chi connectivity index (χ3n) is 7.11. The first kappa shape index (κ1) is 31.5. The molecule has 0 saturated carbocycles. The molecular formula is C33H28ClN3O7S2. The standard InChI is InChI=1S/C33H28ClN3O7S2/c1-3-13-42-23-11-9-19(16-25(23)41-4-2)28-27(29(38)20-10-12-24-26(17-20)44-15-14-43-24)30(39)31(40)37(28)32-35-36-33(46-32)45-18-21-7-5-6-8-22(21)34/h3,5-12,16-17,28,38H,1,4,13-15,18H2,2H3/t28-/m1/s1. The lowest BCUT2D eigenvalue weighted by Crippen LogP contribution is -2.29. The van der Waals surface area contributed by atoms with Crippen LogP contribution < -0.4 is 23.8 Å². The average Bonchev–Trinajstić information content (AvgIpc) is 3.64. The van der Waals surface area contributed by atoms with Crippen molar-refractivity contribution >= 4 is 57.3 Å². The Kier molecular flexibility index (Phi) is 9.48. The van der Waals surface area contributed by atoms with Gasteiger partial charge in [0.1, 0.15) is 25.6 Å². The maximum absolute atomic E-state index is 13.8. The van der Waals surface area contributed by atoms with E-state index in [2.05, 4.69) is 16.8 Å². The number of nitrogens with zero attached hydrogens (tertiary/aromatic N) is 3. The molecule has 3 heterocycles. The van der Waals surface area contributed by atoms with Crippen molar-refractivity contribution < 1.29 is 33.6 Å². The third kappa shape index (κ3) is 6.28. The van der Waals surface area contributed by atoms with Crippen molar-refractivity contribution in [2.24, 2.45) is 0 Å². The SMILES string of the molecule is C=CCOc1ccc([C@@H]2C(=C(O)c3ccc4c(c3)OCCO4)C(=O)C(=O)N2c2nnc(SCc3ccccc3Cl)s2)cc1OCC. The van der Waals surface area contributed by atoms with Crippen molar-refractivity contribution in [3.63, 3.8) is 0 Å². The highest BCUT2D eigenvalue weighted by Crippen LogP contribution is 2.46. The molecule has 6 rings (SSSR count). The minimum atomic E-state index is -1.06. The monoisotopic (exact) mass is 677 g/mol. The van der Waals surface area contributed by atoms with Crippen LogP contribution in [0.1, 0.15) is 29.7 Å². The highest BCUT2D eigenvalue weighted by molar-refractivity contribution is 8.00. The molecule has 4 aromatic rings. The van der Waals surface area contributed by atoms with Crippen LogP contribution in [-0.2, 0) is 15.3 Å². The maximum Gasteiger partial charge on any atom is 0.301 e. The first-order valence-corrected chi connectivity index (χ1v) is 16.5. The van der Waals surface area contributed by atoms with E-state index in [1.54, 1.807) is 42.5 Å². The molecule has 46 heavy (non-hydrogen) atoms. The predicted molar refractivity (Wildman–Crippen MR) is 176 cm³/mol. The number of hydrogen-bond donors (Lipinski definition) is 1. The zero-order valence-electron chi connectivity index (χ0n) is 24.6. The molecule has 2 aliphatic rings. The van der Waals surface area contributed by atoms with Crippen LogP contribution >= 0.6 is 34.7 Å². The lowest BCUT2D eigenvalue weighted by molar-refractivity contribution is -0.132. The highest BCUT2D eigenvalue weighted by atomic mass is 35.5. The number of anilines is 1. The summed E-state index contributed by atoms with van der Waals surface area (Å²) >= 11 is 8.89. The molecule has 1 fully saturated rings. The van der Waals surface area contributed by atoms with Gasteiger partial charge in [-0.2, -0.15) is 0 Å². The average molecular weight is 678 g/mol. The van der Waals surface area contributed by atoms with Crippen molar-refractivity contribution in [2.45, 2.75) is 23.1 Å². The Morgan fingerprint density at radius 2 is 1.89 bits per heavy atom. The molecule has 1 N–H and O–H groups in total. The molecule has 0 spiro atoms. The van der Waals surface area contributed by atoms with Gasteiger partial charge in [-0.1, -0.05) is 71.6 Å². The smallest absolute Gasteiger partial charge is 0.301 e. The van der Waals surface area contributed by atoms with Crippen molar-refractivity contribution in [1.29, 1.82) is 0 Å². The molecule has 3 aromatic carbocycles. The summed E-state index contributed by atoms with van der Waals surface area (Å²) in [5.74, 6) is 0.245. The largest absolute Gasteiger partial charge is 0.507 e. The van der Waals surface area contributed by atoms with Gasteiger partial charge in [-0.05, 0) is 54.4 Å². The van der Waals surface area contributed by atoms with E-state index in [1.807, 2.05) is 31.2 Å². The number of ether oxygens (including phenoxy) is 4. The normalized spacial score (nSPS) is 16.8. The van der Waals surface area contributed by atoms with Gasteiger partial charge in [0, 0.05) is 16.3 Å². The number of halogens is 1. The number of benzene rings is 3. The summed E-state index contributed by atoms with van der Waals surface area (Å²) < 4.78 is 23.5. The Bertz CT molecular complexity index is 1840. The zero-order valence-corrected chi connectivity index (χ0v) is 27.0. The Hall–Kier alpha value is -4.52. The zero-order chi connectivity index (χ0) is 32.2. The molecule has 236 valence electrons. The molecule has 1 saturated heterocycles. The molecule has 2 aliphatic heterocycles. The summed E-state index contributed by atoms with van der Waals surface area (Å²) in [5, 5.41) is 21.1. The fourth-order valence-electron chi connectivity index (χ4n) is 5.04. The Morgan fingerprint density at radius 3 is 2.67 bits per heavy atom. The van der Waals surface area contributed by atoms with Crippen molar-refractivity contribution in [3.05, 3.63) is 101 Å². The van der Waals surface area contributed by atoms with Gasteiger partial charge in [0.2, 0.25) is 5.13 Å². The lowest BCUT2D eigenvalue weighted by Gasteiger charge is -2.24. The molecule has 0 unspecified atom stereocenters. The number of amides is 1. The third-order valence-corrected chi connectivity index (χ3v) is 9.58.